The molecule has 1 aliphatic heterocycles. The number of rotatable bonds is 5. The lowest BCUT2D eigenvalue weighted by Crippen LogP contribution is -2.38. The van der Waals surface area contributed by atoms with Crippen molar-refractivity contribution in [3.8, 4) is 0 Å². The van der Waals surface area contributed by atoms with E-state index in [1.165, 1.54) is 28.8 Å². The predicted octanol–water partition coefficient (Wildman–Crippen LogP) is 4.38. The first kappa shape index (κ1) is 23.0. The molecule has 1 saturated heterocycles. The van der Waals surface area contributed by atoms with Crippen molar-refractivity contribution in [2.45, 2.75) is 39.7 Å². The fraction of sp³-hybridized carbons (Fsp3) is 0.391. The van der Waals surface area contributed by atoms with Crippen molar-refractivity contribution in [3.63, 3.8) is 0 Å². The topological polar surface area (TPSA) is 99.8 Å². The number of carboxylic acids is 1. The van der Waals surface area contributed by atoms with Crippen LogP contribution in [0.4, 0.5) is 16.0 Å². The molecule has 2 N–H and O–H groups in total. The molecule has 1 aliphatic rings. The van der Waals surface area contributed by atoms with E-state index in [4.69, 9.17) is 16.6 Å². The number of carbonyl (C=O) groups is 1. The Hall–Kier alpha value is -3.20. The van der Waals surface area contributed by atoms with Gasteiger partial charge in [0, 0.05) is 37.1 Å². The first-order valence-corrected chi connectivity index (χ1v) is 11.0. The Balaban J connectivity index is 1.75. The SMILES string of the molecule is C[C@@H](Nc1ncc(Cl)cc1C(=O)O)c1cc(F)cn2c(=O)cc(N3CCC(C)(C)CC3)nc12. The van der Waals surface area contributed by atoms with Crippen LogP contribution in [0, 0.1) is 11.2 Å². The Morgan fingerprint density at radius 1 is 1.27 bits per heavy atom. The molecule has 3 aromatic rings. The van der Waals surface area contributed by atoms with Crippen LogP contribution >= 0.6 is 11.6 Å². The summed E-state index contributed by atoms with van der Waals surface area (Å²) >= 11 is 5.88. The van der Waals surface area contributed by atoms with Gasteiger partial charge in [0.15, 0.2) is 0 Å². The number of fused-ring (bicyclic) bond motifs is 1. The van der Waals surface area contributed by atoms with Crippen molar-refractivity contribution in [1.82, 2.24) is 14.4 Å². The van der Waals surface area contributed by atoms with Gasteiger partial charge < -0.3 is 15.3 Å². The fourth-order valence-electron chi connectivity index (χ4n) is 4.00. The maximum absolute atomic E-state index is 14.4. The molecule has 1 fully saturated rings. The summed E-state index contributed by atoms with van der Waals surface area (Å²) in [5, 5.41) is 12.7. The maximum Gasteiger partial charge on any atom is 0.339 e. The first-order valence-electron chi connectivity index (χ1n) is 10.7. The van der Waals surface area contributed by atoms with E-state index in [1.54, 1.807) is 6.92 Å². The molecule has 8 nitrogen and oxygen atoms in total. The Labute approximate surface area is 195 Å². The number of nitrogens with one attached hydrogen (secondary N) is 1. The van der Waals surface area contributed by atoms with Crippen LogP contribution in [0.25, 0.3) is 5.65 Å². The van der Waals surface area contributed by atoms with E-state index in [-0.39, 0.29) is 27.4 Å². The van der Waals surface area contributed by atoms with Crippen molar-refractivity contribution in [2.75, 3.05) is 23.3 Å². The van der Waals surface area contributed by atoms with E-state index in [9.17, 15) is 19.1 Å². The highest BCUT2D eigenvalue weighted by atomic mass is 35.5. The average Bonchev–Trinajstić information content (AvgIpc) is 2.74. The molecule has 0 saturated carbocycles. The number of aromatic nitrogens is 3. The van der Waals surface area contributed by atoms with E-state index >= 15 is 0 Å². The molecule has 10 heteroatoms. The van der Waals surface area contributed by atoms with Gasteiger partial charge >= 0.3 is 5.97 Å². The summed E-state index contributed by atoms with van der Waals surface area (Å²) in [6.07, 6.45) is 4.38. The molecule has 4 heterocycles. The van der Waals surface area contributed by atoms with E-state index in [2.05, 4.69) is 29.0 Å². The number of pyridine rings is 2. The van der Waals surface area contributed by atoms with Gasteiger partial charge in [0.2, 0.25) is 0 Å². The van der Waals surface area contributed by atoms with Crippen LogP contribution in [0.5, 0.6) is 0 Å². The highest BCUT2D eigenvalue weighted by molar-refractivity contribution is 6.30. The second-order valence-electron chi connectivity index (χ2n) is 9.13. The van der Waals surface area contributed by atoms with Crippen molar-refractivity contribution < 1.29 is 14.3 Å². The Morgan fingerprint density at radius 3 is 2.64 bits per heavy atom. The molecule has 3 aromatic heterocycles. The minimum Gasteiger partial charge on any atom is -0.478 e. The molecule has 0 unspecified atom stereocenters. The fourth-order valence-corrected chi connectivity index (χ4v) is 4.16. The predicted molar refractivity (Wildman–Crippen MR) is 125 cm³/mol. The summed E-state index contributed by atoms with van der Waals surface area (Å²) < 4.78 is 15.6. The Kier molecular flexibility index (Phi) is 6.00. The molecule has 0 spiro atoms. The third-order valence-electron chi connectivity index (χ3n) is 6.09. The first-order chi connectivity index (χ1) is 15.5. The lowest BCUT2D eigenvalue weighted by Gasteiger charge is -2.37. The third kappa shape index (κ3) is 4.78. The van der Waals surface area contributed by atoms with E-state index in [0.29, 0.717) is 17.0 Å². The van der Waals surface area contributed by atoms with Crippen LogP contribution in [0.2, 0.25) is 5.02 Å². The number of hydrogen-bond acceptors (Lipinski definition) is 6. The van der Waals surface area contributed by atoms with E-state index in [0.717, 1.165) is 32.1 Å². The van der Waals surface area contributed by atoms with Crippen molar-refractivity contribution in [2.24, 2.45) is 5.41 Å². The minimum absolute atomic E-state index is 0.0820. The zero-order valence-corrected chi connectivity index (χ0v) is 19.4. The van der Waals surface area contributed by atoms with E-state index in [1.807, 2.05) is 0 Å². The maximum atomic E-state index is 14.4. The van der Waals surface area contributed by atoms with Crippen LogP contribution in [0.3, 0.4) is 0 Å². The molecular weight excluding hydrogens is 449 g/mol. The monoisotopic (exact) mass is 473 g/mol. The summed E-state index contributed by atoms with van der Waals surface area (Å²) in [5.74, 6) is -1.18. The molecule has 33 heavy (non-hydrogen) atoms. The van der Waals surface area contributed by atoms with Gasteiger partial charge in [-0.05, 0) is 37.3 Å². The molecule has 1 atom stereocenters. The summed E-state index contributed by atoms with van der Waals surface area (Å²) in [6.45, 7) is 7.71. The molecule has 174 valence electrons. The van der Waals surface area contributed by atoms with Crippen molar-refractivity contribution in [1.29, 1.82) is 0 Å². The van der Waals surface area contributed by atoms with Gasteiger partial charge in [-0.1, -0.05) is 25.4 Å². The molecule has 0 aromatic carbocycles. The minimum atomic E-state index is -1.20. The number of piperidine rings is 1. The molecule has 4 rings (SSSR count). The van der Waals surface area contributed by atoms with Gasteiger partial charge in [0.1, 0.15) is 28.7 Å². The van der Waals surface area contributed by atoms with Gasteiger partial charge in [0.25, 0.3) is 5.56 Å². The number of aromatic carboxylic acids is 1. The Morgan fingerprint density at radius 2 is 1.97 bits per heavy atom. The normalized spacial score (nSPS) is 16.6. The van der Waals surface area contributed by atoms with Crippen LogP contribution in [-0.2, 0) is 0 Å². The summed E-state index contributed by atoms with van der Waals surface area (Å²) in [4.78, 5) is 35.3. The third-order valence-corrected chi connectivity index (χ3v) is 6.29. The van der Waals surface area contributed by atoms with Crippen LogP contribution < -0.4 is 15.8 Å². The van der Waals surface area contributed by atoms with Gasteiger partial charge in [-0.2, -0.15) is 0 Å². The number of halogens is 2. The average molecular weight is 474 g/mol. The number of carboxylic acid groups (broad SMARTS) is 1. The zero-order chi connectivity index (χ0) is 23.9. The zero-order valence-electron chi connectivity index (χ0n) is 18.6. The Bertz CT molecular complexity index is 1280. The highest BCUT2D eigenvalue weighted by Gasteiger charge is 2.27. The lowest BCUT2D eigenvalue weighted by molar-refractivity contribution is 0.0697. The molecule has 0 amide bonds. The van der Waals surface area contributed by atoms with E-state index < -0.39 is 17.8 Å². The largest absolute Gasteiger partial charge is 0.478 e. The van der Waals surface area contributed by atoms with Crippen molar-refractivity contribution >= 4 is 34.9 Å². The highest BCUT2D eigenvalue weighted by Crippen LogP contribution is 2.32. The summed E-state index contributed by atoms with van der Waals surface area (Å²) in [5.41, 5.74) is 0.442. The lowest BCUT2D eigenvalue weighted by atomic mass is 9.83. The van der Waals surface area contributed by atoms with Crippen molar-refractivity contribution in [3.05, 3.63) is 62.9 Å². The van der Waals surface area contributed by atoms with Crippen LogP contribution in [-0.4, -0.2) is 38.5 Å². The molecular formula is C23H25ClFN5O3. The van der Waals surface area contributed by atoms with Gasteiger partial charge in [-0.25, -0.2) is 19.2 Å². The second kappa shape index (κ2) is 8.62. The van der Waals surface area contributed by atoms with Crippen LogP contribution in [0.1, 0.15) is 55.6 Å². The van der Waals surface area contributed by atoms with Crippen LogP contribution in [0.15, 0.2) is 35.4 Å². The number of anilines is 2. The van der Waals surface area contributed by atoms with Gasteiger partial charge in [-0.3, -0.25) is 9.20 Å². The standard InChI is InChI=1S/C23H25ClFN5O3/c1-13(27-20-17(22(32)33)8-14(24)11-26-20)16-9-15(25)12-30-19(31)10-18(28-21(16)30)29-6-4-23(2,3)5-7-29/h8-13H,4-7H2,1-3H3,(H,26,27)(H,32,33)/t13-/m1/s1. The van der Waals surface area contributed by atoms with Gasteiger partial charge in [0.05, 0.1) is 11.1 Å². The smallest absolute Gasteiger partial charge is 0.339 e. The second-order valence-corrected chi connectivity index (χ2v) is 9.57. The molecule has 0 bridgehead atoms. The number of hydrogen-bond donors (Lipinski definition) is 2. The molecule has 0 radical (unpaired) electrons. The molecule has 0 aliphatic carbocycles. The number of nitrogens with zero attached hydrogens (tertiary/aromatic N) is 4. The quantitative estimate of drug-likeness (QED) is 0.567. The van der Waals surface area contributed by atoms with Gasteiger partial charge in [-0.15, -0.1) is 0 Å². The summed E-state index contributed by atoms with van der Waals surface area (Å²) in [7, 11) is 0. The summed E-state index contributed by atoms with van der Waals surface area (Å²) in [6, 6.07) is 3.40.